The summed E-state index contributed by atoms with van der Waals surface area (Å²) in [5.41, 5.74) is 1.09. The van der Waals surface area contributed by atoms with Crippen LogP contribution in [0.15, 0.2) is 67.3 Å². The highest BCUT2D eigenvalue weighted by molar-refractivity contribution is 7.77. The van der Waals surface area contributed by atoms with E-state index in [1.807, 2.05) is 0 Å². The molecule has 3 atom stereocenters. The van der Waals surface area contributed by atoms with E-state index < -0.39 is 34.7 Å². The van der Waals surface area contributed by atoms with Gasteiger partial charge in [0.05, 0.1) is 17.3 Å². The maximum absolute atomic E-state index is 15.3. The molecule has 3 N–H and O–H groups in total. The third-order valence-corrected chi connectivity index (χ3v) is 6.61. The Morgan fingerprint density at radius 2 is 1.90 bits per heavy atom. The number of pyridine rings is 2. The average Bonchev–Trinajstić information content (AvgIpc) is 2.96. The van der Waals surface area contributed by atoms with Gasteiger partial charge >= 0.3 is 0 Å². The van der Waals surface area contributed by atoms with Crippen LogP contribution < -0.4 is 20.1 Å². The molecule has 10 nitrogen and oxygen atoms in total. The van der Waals surface area contributed by atoms with Crippen molar-refractivity contribution in [2.45, 2.75) is 24.9 Å². The molecule has 1 fully saturated rings. The van der Waals surface area contributed by atoms with Crippen molar-refractivity contribution in [2.24, 2.45) is 0 Å². The number of piperidine rings is 1. The third-order valence-electron chi connectivity index (χ3n) is 6.18. The minimum absolute atomic E-state index is 0.0111. The molecule has 0 bridgehead atoms. The fourth-order valence-corrected chi connectivity index (χ4v) is 4.77. The summed E-state index contributed by atoms with van der Waals surface area (Å²) in [6.45, 7) is 1.78. The number of ether oxygens (including phenoxy) is 1. The van der Waals surface area contributed by atoms with E-state index in [0.717, 1.165) is 25.9 Å². The van der Waals surface area contributed by atoms with Gasteiger partial charge in [-0.05, 0) is 61.3 Å². The van der Waals surface area contributed by atoms with E-state index >= 15 is 8.78 Å². The molecule has 1 unspecified atom stereocenters. The molecule has 1 aliphatic heterocycles. The molecule has 39 heavy (non-hydrogen) atoms. The lowest BCUT2D eigenvalue weighted by molar-refractivity contribution is 0.401. The van der Waals surface area contributed by atoms with Crippen molar-refractivity contribution in [2.75, 3.05) is 18.4 Å². The van der Waals surface area contributed by atoms with Crippen LogP contribution in [-0.4, -0.2) is 47.8 Å². The summed E-state index contributed by atoms with van der Waals surface area (Å²) in [5.74, 6) is -2.54. The highest BCUT2D eigenvalue weighted by Gasteiger charge is 2.24. The molecule has 0 amide bonds. The second-order valence-electron chi connectivity index (χ2n) is 8.76. The molecule has 0 aliphatic carbocycles. The minimum Gasteiger partial charge on any atom is -0.760 e. The van der Waals surface area contributed by atoms with Crippen molar-refractivity contribution in [3.63, 3.8) is 0 Å². The van der Waals surface area contributed by atoms with Gasteiger partial charge in [0, 0.05) is 54.2 Å². The molecule has 0 spiro atoms. The zero-order valence-corrected chi connectivity index (χ0v) is 21.3. The van der Waals surface area contributed by atoms with Crippen LogP contribution in [0.25, 0.3) is 11.3 Å². The van der Waals surface area contributed by atoms with Crippen molar-refractivity contribution < 1.29 is 22.3 Å². The second kappa shape index (κ2) is 12.3. The third kappa shape index (κ3) is 6.40. The van der Waals surface area contributed by atoms with Crippen LogP contribution in [0.4, 0.5) is 14.7 Å². The van der Waals surface area contributed by atoms with Crippen LogP contribution in [0.2, 0.25) is 0 Å². The van der Waals surface area contributed by atoms with Crippen LogP contribution in [0.5, 0.6) is 11.6 Å². The van der Waals surface area contributed by atoms with E-state index in [1.165, 1.54) is 42.9 Å². The Kier molecular flexibility index (Phi) is 8.42. The van der Waals surface area contributed by atoms with Crippen LogP contribution >= 0.6 is 0 Å². The molecule has 0 saturated carbocycles. The van der Waals surface area contributed by atoms with Crippen LogP contribution in [0.3, 0.4) is 0 Å². The molecule has 5 rings (SSSR count). The monoisotopic (exact) mass is 552 g/mol. The number of nitrogens with one attached hydrogen (secondary N) is 3. The predicted octanol–water partition coefficient (Wildman–Crippen LogP) is 3.64. The molecule has 1 aromatic carbocycles. The first-order chi connectivity index (χ1) is 19.0. The smallest absolute Gasteiger partial charge is 0.228 e. The molecule has 4 heterocycles. The Morgan fingerprint density at radius 3 is 2.67 bits per heavy atom. The fraction of sp³-hybridized carbons (Fsp3) is 0.231. The summed E-state index contributed by atoms with van der Waals surface area (Å²) in [6.07, 6.45) is 7.94. The maximum atomic E-state index is 15.3. The SMILES string of the molecule is O=S([O-])N[C@@H](c1ccncc1)c1ccc(Oc2ncccc2-c2ccnc(N[C@H]3CCCNC3)n2)c(F)c1F. The summed E-state index contributed by atoms with van der Waals surface area (Å²) in [5, 5.41) is 6.64. The Morgan fingerprint density at radius 1 is 1.05 bits per heavy atom. The maximum Gasteiger partial charge on any atom is 0.228 e. The number of aromatic nitrogens is 4. The lowest BCUT2D eigenvalue weighted by Crippen LogP contribution is -2.38. The number of halogens is 2. The molecule has 13 heteroatoms. The number of hydrogen-bond donors (Lipinski definition) is 3. The first-order valence-electron chi connectivity index (χ1n) is 12.2. The van der Waals surface area contributed by atoms with E-state index in [2.05, 4.69) is 35.3 Å². The standard InChI is InChI=1S/C26H25F2N7O3S/c27-22-19(24(35-39(36)37)16-7-12-29-13-8-16)5-6-21(23(22)28)38-25-18(4-2-11-31-25)20-9-14-32-26(34-20)33-17-3-1-10-30-15-17/h2,4-9,11-14,17,24,30,35H,1,3,10,15H2,(H,36,37)(H,32,33,34)/p-1/t17-,24-/m0/s1. The van der Waals surface area contributed by atoms with Crippen LogP contribution in [0, 0.1) is 11.6 Å². The van der Waals surface area contributed by atoms with Crippen molar-refractivity contribution in [3.8, 4) is 22.9 Å². The summed E-state index contributed by atoms with van der Waals surface area (Å²) in [7, 11) is 0. The first kappa shape index (κ1) is 26.7. The number of anilines is 1. The zero-order valence-electron chi connectivity index (χ0n) is 20.5. The quantitative estimate of drug-likeness (QED) is 0.266. The molecule has 4 aromatic rings. The molecule has 3 aromatic heterocycles. The van der Waals surface area contributed by atoms with Gasteiger partial charge in [0.2, 0.25) is 17.6 Å². The van der Waals surface area contributed by atoms with Crippen LogP contribution in [-0.2, 0) is 11.3 Å². The number of benzene rings is 1. The summed E-state index contributed by atoms with van der Waals surface area (Å²) < 4.78 is 61.2. The molecular formula is C26H24F2N7O3S-. The van der Waals surface area contributed by atoms with Crippen molar-refractivity contribution in [3.05, 3.63) is 90.0 Å². The van der Waals surface area contributed by atoms with E-state index in [0.29, 0.717) is 22.8 Å². The number of hydrogen-bond acceptors (Lipinski definition) is 9. The predicted molar refractivity (Wildman–Crippen MR) is 139 cm³/mol. The summed E-state index contributed by atoms with van der Waals surface area (Å²) in [4.78, 5) is 16.9. The van der Waals surface area contributed by atoms with Crippen molar-refractivity contribution in [1.82, 2.24) is 30.0 Å². The Labute approximate surface area is 225 Å². The average molecular weight is 553 g/mol. The van der Waals surface area contributed by atoms with Gasteiger partial charge in [0.25, 0.3) is 0 Å². The van der Waals surface area contributed by atoms with E-state index in [4.69, 9.17) is 4.74 Å². The lowest BCUT2D eigenvalue weighted by Gasteiger charge is -2.23. The highest BCUT2D eigenvalue weighted by Crippen LogP contribution is 2.35. The molecule has 1 saturated heterocycles. The largest absolute Gasteiger partial charge is 0.760 e. The van der Waals surface area contributed by atoms with Gasteiger partial charge in [0.15, 0.2) is 11.6 Å². The van der Waals surface area contributed by atoms with Gasteiger partial charge in [-0.25, -0.2) is 24.1 Å². The number of rotatable bonds is 9. The van der Waals surface area contributed by atoms with Gasteiger partial charge in [-0.3, -0.25) is 9.19 Å². The molecule has 1 aliphatic rings. The zero-order chi connectivity index (χ0) is 27.2. The first-order valence-corrected chi connectivity index (χ1v) is 13.2. The molecule has 202 valence electrons. The van der Waals surface area contributed by atoms with E-state index in [-0.39, 0.29) is 17.5 Å². The van der Waals surface area contributed by atoms with Gasteiger partial charge in [-0.15, -0.1) is 0 Å². The topological polar surface area (TPSA) is 137 Å². The highest BCUT2D eigenvalue weighted by atomic mass is 32.2. The van der Waals surface area contributed by atoms with E-state index in [9.17, 15) is 8.76 Å². The normalized spacial score (nSPS) is 16.8. The minimum atomic E-state index is -2.75. The molecular weight excluding hydrogens is 528 g/mol. The van der Waals surface area contributed by atoms with Gasteiger partial charge in [-0.2, -0.15) is 4.39 Å². The van der Waals surface area contributed by atoms with Crippen molar-refractivity contribution >= 4 is 17.2 Å². The van der Waals surface area contributed by atoms with Gasteiger partial charge in [-0.1, -0.05) is 6.07 Å². The fourth-order valence-electron chi connectivity index (χ4n) is 4.32. The second-order valence-corrected chi connectivity index (χ2v) is 9.46. The van der Waals surface area contributed by atoms with Gasteiger partial charge in [0.1, 0.15) is 0 Å². The number of nitrogens with zero attached hydrogens (tertiary/aromatic N) is 4. The summed E-state index contributed by atoms with van der Waals surface area (Å²) >= 11 is -2.75. The lowest BCUT2D eigenvalue weighted by atomic mass is 9.99. The van der Waals surface area contributed by atoms with Gasteiger partial charge < -0.3 is 19.9 Å². The Hall–Kier alpha value is -3.91. The van der Waals surface area contributed by atoms with Crippen molar-refractivity contribution in [1.29, 1.82) is 0 Å². The molecule has 0 radical (unpaired) electrons. The Bertz CT molecular complexity index is 1460. The van der Waals surface area contributed by atoms with E-state index in [1.54, 1.807) is 24.4 Å². The summed E-state index contributed by atoms with van der Waals surface area (Å²) in [6, 6.07) is 9.55. The van der Waals surface area contributed by atoms with Crippen LogP contribution in [0.1, 0.15) is 30.0 Å². The Balaban J connectivity index is 1.42.